The standard InChI is InChI=1S/C13H19ClN2O2S/c1-8-6-10(14)12(7-11(8)15)19(17,18)16-13(2,3)9-4-5-9/h6-7,9,16H,4-5,15H2,1-3H3. The van der Waals surface area contributed by atoms with Crippen molar-refractivity contribution in [2.24, 2.45) is 5.92 Å². The molecule has 1 aromatic carbocycles. The van der Waals surface area contributed by atoms with E-state index in [4.69, 9.17) is 17.3 Å². The van der Waals surface area contributed by atoms with E-state index in [-0.39, 0.29) is 9.92 Å². The number of benzene rings is 1. The average molecular weight is 303 g/mol. The fourth-order valence-electron chi connectivity index (χ4n) is 2.16. The van der Waals surface area contributed by atoms with Crippen molar-refractivity contribution < 1.29 is 8.42 Å². The lowest BCUT2D eigenvalue weighted by atomic mass is 10.0. The molecule has 0 spiro atoms. The predicted molar refractivity (Wildman–Crippen MR) is 77.7 cm³/mol. The van der Waals surface area contributed by atoms with Gasteiger partial charge in [-0.1, -0.05) is 11.6 Å². The van der Waals surface area contributed by atoms with Crippen LogP contribution in [-0.4, -0.2) is 14.0 Å². The van der Waals surface area contributed by atoms with E-state index in [1.165, 1.54) is 6.07 Å². The van der Waals surface area contributed by atoms with Crippen LogP contribution >= 0.6 is 11.6 Å². The van der Waals surface area contributed by atoms with Crippen molar-refractivity contribution in [1.82, 2.24) is 4.72 Å². The second-order valence-electron chi connectivity index (χ2n) is 5.74. The van der Waals surface area contributed by atoms with Gasteiger partial charge in [-0.2, -0.15) is 0 Å². The molecule has 0 amide bonds. The Labute approximate surface area is 119 Å². The molecule has 0 heterocycles. The first-order valence-electron chi connectivity index (χ1n) is 6.23. The third kappa shape index (κ3) is 3.04. The van der Waals surface area contributed by atoms with Crippen molar-refractivity contribution in [1.29, 1.82) is 0 Å². The van der Waals surface area contributed by atoms with Gasteiger partial charge in [-0.05, 0) is 57.2 Å². The van der Waals surface area contributed by atoms with E-state index in [2.05, 4.69) is 4.72 Å². The number of rotatable bonds is 4. The molecule has 0 atom stereocenters. The molecule has 1 saturated carbocycles. The molecule has 0 aliphatic heterocycles. The predicted octanol–water partition coefficient (Wildman–Crippen LogP) is 2.70. The Morgan fingerprint density at radius 2 is 1.95 bits per heavy atom. The van der Waals surface area contributed by atoms with Crippen molar-refractivity contribution in [3.63, 3.8) is 0 Å². The molecule has 0 aromatic heterocycles. The summed E-state index contributed by atoms with van der Waals surface area (Å²) in [5.74, 6) is 0.392. The fraction of sp³-hybridized carbons (Fsp3) is 0.538. The lowest BCUT2D eigenvalue weighted by Gasteiger charge is -2.26. The third-order valence-corrected chi connectivity index (χ3v) is 5.74. The van der Waals surface area contributed by atoms with Gasteiger partial charge in [0.1, 0.15) is 4.90 Å². The summed E-state index contributed by atoms with van der Waals surface area (Å²) >= 11 is 6.04. The lowest BCUT2D eigenvalue weighted by molar-refractivity contribution is 0.400. The topological polar surface area (TPSA) is 72.2 Å². The van der Waals surface area contributed by atoms with Gasteiger partial charge in [0.15, 0.2) is 0 Å². The molecule has 1 aromatic rings. The molecular weight excluding hydrogens is 284 g/mol. The monoisotopic (exact) mass is 302 g/mol. The summed E-state index contributed by atoms with van der Waals surface area (Å²) in [6.07, 6.45) is 2.11. The van der Waals surface area contributed by atoms with Crippen LogP contribution < -0.4 is 10.5 Å². The quantitative estimate of drug-likeness (QED) is 0.840. The number of hydrogen-bond donors (Lipinski definition) is 2. The second kappa shape index (κ2) is 4.65. The van der Waals surface area contributed by atoms with E-state index in [0.717, 1.165) is 18.4 Å². The van der Waals surface area contributed by atoms with Gasteiger partial charge in [0.05, 0.1) is 5.02 Å². The van der Waals surface area contributed by atoms with Crippen molar-refractivity contribution in [2.45, 2.75) is 44.0 Å². The van der Waals surface area contributed by atoms with E-state index >= 15 is 0 Å². The van der Waals surface area contributed by atoms with Crippen molar-refractivity contribution in [3.8, 4) is 0 Å². The molecule has 0 bridgehead atoms. The summed E-state index contributed by atoms with van der Waals surface area (Å²) in [6.45, 7) is 5.58. The second-order valence-corrected chi connectivity index (χ2v) is 7.80. The molecule has 1 aliphatic rings. The zero-order chi connectivity index (χ0) is 14.4. The first-order valence-corrected chi connectivity index (χ1v) is 8.09. The van der Waals surface area contributed by atoms with Gasteiger partial charge in [0, 0.05) is 11.2 Å². The molecule has 0 unspecified atom stereocenters. The maximum atomic E-state index is 12.4. The number of nitrogen functional groups attached to an aromatic ring is 1. The van der Waals surface area contributed by atoms with Gasteiger partial charge in [0.25, 0.3) is 0 Å². The molecule has 2 rings (SSSR count). The molecule has 106 valence electrons. The number of nitrogens with two attached hydrogens (primary N) is 1. The minimum atomic E-state index is -3.65. The third-order valence-electron chi connectivity index (χ3n) is 3.61. The maximum Gasteiger partial charge on any atom is 0.242 e. The van der Waals surface area contributed by atoms with E-state index in [1.807, 2.05) is 13.8 Å². The van der Waals surface area contributed by atoms with E-state index in [0.29, 0.717) is 11.6 Å². The van der Waals surface area contributed by atoms with Crippen LogP contribution in [0.15, 0.2) is 17.0 Å². The van der Waals surface area contributed by atoms with Crippen LogP contribution in [0, 0.1) is 12.8 Å². The Morgan fingerprint density at radius 1 is 1.37 bits per heavy atom. The highest BCUT2D eigenvalue weighted by Gasteiger charge is 2.41. The highest BCUT2D eigenvalue weighted by molar-refractivity contribution is 7.89. The highest BCUT2D eigenvalue weighted by Crippen LogP contribution is 2.40. The molecule has 1 aliphatic carbocycles. The van der Waals surface area contributed by atoms with Crippen LogP contribution in [0.3, 0.4) is 0 Å². The summed E-state index contributed by atoms with van der Waals surface area (Å²) in [6, 6.07) is 3.00. The highest BCUT2D eigenvalue weighted by atomic mass is 35.5. The number of hydrogen-bond acceptors (Lipinski definition) is 3. The molecule has 1 fully saturated rings. The summed E-state index contributed by atoms with van der Waals surface area (Å²) < 4.78 is 27.6. The molecular formula is C13H19ClN2O2S. The van der Waals surface area contributed by atoms with Crippen LogP contribution in [0.5, 0.6) is 0 Å². The van der Waals surface area contributed by atoms with E-state index in [1.54, 1.807) is 13.0 Å². The van der Waals surface area contributed by atoms with Crippen molar-refractivity contribution in [2.75, 3.05) is 5.73 Å². The van der Waals surface area contributed by atoms with Crippen LogP contribution in [-0.2, 0) is 10.0 Å². The zero-order valence-electron chi connectivity index (χ0n) is 11.3. The average Bonchev–Trinajstić information content (AvgIpc) is 3.05. The van der Waals surface area contributed by atoms with Gasteiger partial charge in [-0.3, -0.25) is 0 Å². The summed E-state index contributed by atoms with van der Waals surface area (Å²) in [5.41, 5.74) is 6.51. The van der Waals surface area contributed by atoms with Crippen LogP contribution in [0.25, 0.3) is 0 Å². The number of nitrogens with one attached hydrogen (secondary N) is 1. The van der Waals surface area contributed by atoms with Gasteiger partial charge in [0.2, 0.25) is 10.0 Å². The summed E-state index contributed by atoms with van der Waals surface area (Å²) in [5, 5.41) is 0.200. The smallest absolute Gasteiger partial charge is 0.242 e. The molecule has 4 nitrogen and oxygen atoms in total. The molecule has 0 saturated heterocycles. The Bertz CT molecular complexity index is 607. The Morgan fingerprint density at radius 3 is 2.47 bits per heavy atom. The normalized spacial score (nSPS) is 16.6. The summed E-state index contributed by atoms with van der Waals surface area (Å²) in [4.78, 5) is 0.0472. The summed E-state index contributed by atoms with van der Waals surface area (Å²) in [7, 11) is -3.65. The number of sulfonamides is 1. The first-order chi connectivity index (χ1) is 8.63. The first kappa shape index (κ1) is 14.6. The Kier molecular flexibility index (Phi) is 3.58. The minimum Gasteiger partial charge on any atom is -0.398 e. The minimum absolute atomic E-state index is 0.0472. The number of aryl methyl sites for hydroxylation is 1. The largest absolute Gasteiger partial charge is 0.398 e. The van der Waals surface area contributed by atoms with Crippen LogP contribution in [0.1, 0.15) is 32.3 Å². The van der Waals surface area contributed by atoms with E-state index in [9.17, 15) is 8.42 Å². The molecule has 6 heteroatoms. The maximum absolute atomic E-state index is 12.4. The molecule has 0 radical (unpaired) electrons. The fourth-order valence-corrected chi connectivity index (χ4v) is 4.25. The molecule has 19 heavy (non-hydrogen) atoms. The Balaban J connectivity index is 2.37. The molecule has 3 N–H and O–H groups in total. The lowest BCUT2D eigenvalue weighted by Crippen LogP contribution is -2.45. The van der Waals surface area contributed by atoms with E-state index < -0.39 is 15.6 Å². The van der Waals surface area contributed by atoms with Crippen molar-refractivity contribution in [3.05, 3.63) is 22.7 Å². The van der Waals surface area contributed by atoms with Gasteiger partial charge >= 0.3 is 0 Å². The van der Waals surface area contributed by atoms with Gasteiger partial charge < -0.3 is 5.73 Å². The Hall–Kier alpha value is -0.780. The van der Waals surface area contributed by atoms with Crippen LogP contribution in [0.4, 0.5) is 5.69 Å². The number of anilines is 1. The zero-order valence-corrected chi connectivity index (χ0v) is 12.9. The SMILES string of the molecule is Cc1cc(Cl)c(S(=O)(=O)NC(C)(C)C2CC2)cc1N. The van der Waals surface area contributed by atoms with Gasteiger partial charge in [-0.25, -0.2) is 13.1 Å². The van der Waals surface area contributed by atoms with Crippen LogP contribution in [0.2, 0.25) is 5.02 Å². The number of halogens is 1. The van der Waals surface area contributed by atoms with Crippen molar-refractivity contribution >= 4 is 27.3 Å². The van der Waals surface area contributed by atoms with Gasteiger partial charge in [-0.15, -0.1) is 0 Å².